The predicted octanol–water partition coefficient (Wildman–Crippen LogP) is 4.99. The fourth-order valence-corrected chi connectivity index (χ4v) is 5.24. The summed E-state index contributed by atoms with van der Waals surface area (Å²) in [6, 6.07) is 16.4. The van der Waals surface area contributed by atoms with E-state index < -0.39 is 36.4 Å². The number of esters is 1. The van der Waals surface area contributed by atoms with Crippen LogP contribution < -0.4 is 0 Å². The van der Waals surface area contributed by atoms with Gasteiger partial charge in [-0.05, 0) is 49.2 Å². The molecular weight excluding hydrogens is 440 g/mol. The van der Waals surface area contributed by atoms with Crippen molar-refractivity contribution in [3.05, 3.63) is 65.7 Å². The number of aryl methyl sites for hydroxylation is 1. The van der Waals surface area contributed by atoms with Crippen molar-refractivity contribution in [3.8, 4) is 0 Å². The van der Waals surface area contributed by atoms with Gasteiger partial charge in [0.15, 0.2) is 13.6 Å². The van der Waals surface area contributed by atoms with E-state index in [-0.39, 0.29) is 18.1 Å². The maximum absolute atomic E-state index is 13.3. The number of ether oxygens (including phenoxy) is 1. The molecule has 32 heavy (non-hydrogen) atoms. The van der Waals surface area contributed by atoms with Crippen molar-refractivity contribution in [2.75, 3.05) is 6.61 Å². The lowest BCUT2D eigenvalue weighted by molar-refractivity contribution is -0.146. The van der Waals surface area contributed by atoms with Crippen LogP contribution in [-0.4, -0.2) is 41.6 Å². The van der Waals surface area contributed by atoms with Gasteiger partial charge in [-0.3, -0.25) is 9.00 Å². The van der Waals surface area contributed by atoms with Crippen LogP contribution in [0.5, 0.6) is 0 Å². The number of carbonyl (C=O) groups excluding carboxylic acids is 1. The number of aliphatic hydroxyl groups is 1. The van der Waals surface area contributed by atoms with Crippen molar-refractivity contribution < 1.29 is 23.3 Å². The van der Waals surface area contributed by atoms with Gasteiger partial charge in [-0.15, -0.1) is 0 Å². The van der Waals surface area contributed by atoms with Gasteiger partial charge in [-0.2, -0.15) is 0 Å². The second-order valence-electron chi connectivity index (χ2n) is 9.59. The molecule has 2 aromatic carbocycles. The Kier molecular flexibility index (Phi) is 9.39. The molecule has 0 aliphatic rings. The summed E-state index contributed by atoms with van der Waals surface area (Å²) in [7, 11) is -3.75. The largest absolute Gasteiger partial charge is 0.460 e. The van der Waals surface area contributed by atoms with Gasteiger partial charge in [0.2, 0.25) is 0 Å². The predicted molar refractivity (Wildman–Crippen MR) is 131 cm³/mol. The first kappa shape index (κ1) is 26.4. The molecule has 0 bridgehead atoms. The quantitative estimate of drug-likeness (QED) is 0.386. The van der Waals surface area contributed by atoms with Gasteiger partial charge >= 0.3 is 5.97 Å². The van der Waals surface area contributed by atoms with Crippen LogP contribution in [0.4, 0.5) is 0 Å². The van der Waals surface area contributed by atoms with Crippen LogP contribution in [0.3, 0.4) is 0 Å². The fraction of sp³-hybridized carbons (Fsp3) is 0.480. The first-order valence-electron chi connectivity index (χ1n) is 10.9. The van der Waals surface area contributed by atoms with Gasteiger partial charge < -0.3 is 14.3 Å². The molecule has 1 N–H and O–H groups in total. The Labute approximate surface area is 195 Å². The molecule has 0 aliphatic heterocycles. The van der Waals surface area contributed by atoms with E-state index in [9.17, 15) is 14.1 Å². The Bertz CT molecular complexity index is 891. The summed E-state index contributed by atoms with van der Waals surface area (Å²) in [4.78, 5) is 13.4. The molecule has 2 aromatic rings. The number of hydrogen-bond acceptors (Lipinski definition) is 5. The second-order valence-corrected chi connectivity index (χ2v) is 16.0. The lowest BCUT2D eigenvalue weighted by Crippen LogP contribution is -2.43. The molecule has 0 saturated heterocycles. The van der Waals surface area contributed by atoms with Crippen molar-refractivity contribution in [1.29, 1.82) is 0 Å². The average Bonchev–Trinajstić information content (AvgIpc) is 2.72. The molecule has 0 radical (unpaired) electrons. The van der Waals surface area contributed by atoms with Gasteiger partial charge in [0.05, 0.1) is 16.9 Å². The number of benzene rings is 2. The lowest BCUT2D eigenvalue weighted by atomic mass is 10.2. The first-order valence-corrected chi connectivity index (χ1v) is 15.0. The van der Waals surface area contributed by atoms with E-state index in [0.717, 1.165) is 11.1 Å². The van der Waals surface area contributed by atoms with Gasteiger partial charge in [0.1, 0.15) is 6.61 Å². The minimum Gasteiger partial charge on any atom is -0.460 e. The average molecular weight is 477 g/mol. The summed E-state index contributed by atoms with van der Waals surface area (Å²) in [5.41, 5.74) is 1.86. The summed E-state index contributed by atoms with van der Waals surface area (Å²) >= 11 is 0. The molecule has 2 rings (SSSR count). The van der Waals surface area contributed by atoms with Crippen molar-refractivity contribution in [2.24, 2.45) is 0 Å². The Morgan fingerprint density at radius 2 is 1.66 bits per heavy atom. The number of carbonyl (C=O) groups is 1. The van der Waals surface area contributed by atoms with E-state index in [1.807, 2.05) is 49.4 Å². The van der Waals surface area contributed by atoms with Crippen LogP contribution in [0.2, 0.25) is 18.1 Å². The van der Waals surface area contributed by atoms with Gasteiger partial charge in [0, 0.05) is 11.5 Å². The van der Waals surface area contributed by atoms with E-state index in [4.69, 9.17) is 9.16 Å². The normalized spacial score (nSPS) is 15.1. The number of rotatable bonds is 10. The molecule has 0 aromatic heterocycles. The molecule has 3 atom stereocenters. The van der Waals surface area contributed by atoms with Gasteiger partial charge in [-0.1, -0.05) is 68.8 Å². The highest BCUT2D eigenvalue weighted by Crippen LogP contribution is 2.36. The summed E-state index contributed by atoms with van der Waals surface area (Å²) < 4.78 is 24.9. The van der Waals surface area contributed by atoms with Crippen LogP contribution >= 0.6 is 0 Å². The van der Waals surface area contributed by atoms with Crippen molar-refractivity contribution in [3.63, 3.8) is 0 Å². The molecule has 7 heteroatoms. The third kappa shape index (κ3) is 7.37. The zero-order chi connectivity index (χ0) is 23.9. The van der Waals surface area contributed by atoms with Crippen LogP contribution in [0, 0.1) is 6.92 Å². The zero-order valence-corrected chi connectivity index (χ0v) is 21.8. The monoisotopic (exact) mass is 476 g/mol. The molecule has 0 amide bonds. The SMILES string of the molecule is Cc1ccc(S(=O)C(C(=O)OCc2ccccc2)C(O)CCO[Si](C)(C)C(C)(C)C)cc1. The summed E-state index contributed by atoms with van der Waals surface area (Å²) in [5, 5.41) is 9.75. The zero-order valence-electron chi connectivity index (χ0n) is 20.0. The maximum Gasteiger partial charge on any atom is 0.325 e. The molecular formula is C25H36O5SSi. The minimum absolute atomic E-state index is 0.0384. The summed E-state index contributed by atoms with van der Waals surface area (Å²) in [6.07, 6.45) is -0.944. The smallest absolute Gasteiger partial charge is 0.325 e. The van der Waals surface area contributed by atoms with E-state index in [1.165, 1.54) is 0 Å². The highest BCUT2D eigenvalue weighted by atomic mass is 32.2. The fourth-order valence-electron chi connectivity index (χ4n) is 2.82. The lowest BCUT2D eigenvalue weighted by Gasteiger charge is -2.36. The third-order valence-corrected chi connectivity index (χ3v) is 12.2. The van der Waals surface area contributed by atoms with Gasteiger partial charge in [-0.25, -0.2) is 0 Å². The Balaban J connectivity index is 2.14. The van der Waals surface area contributed by atoms with Crippen LogP contribution in [0.1, 0.15) is 38.3 Å². The summed E-state index contributed by atoms with van der Waals surface area (Å²) in [6.45, 7) is 13.0. The number of aliphatic hydroxyl groups excluding tert-OH is 1. The molecule has 0 spiro atoms. The van der Waals surface area contributed by atoms with Crippen LogP contribution in [0.15, 0.2) is 59.5 Å². The van der Waals surface area contributed by atoms with Crippen LogP contribution in [0.25, 0.3) is 0 Å². The van der Waals surface area contributed by atoms with E-state index in [1.54, 1.807) is 12.1 Å². The first-order chi connectivity index (χ1) is 14.9. The second kappa shape index (κ2) is 11.4. The topological polar surface area (TPSA) is 72.8 Å². The van der Waals surface area contributed by atoms with Crippen molar-refractivity contribution in [2.45, 2.75) is 75.1 Å². The molecule has 0 heterocycles. The third-order valence-electron chi connectivity index (χ3n) is 5.97. The molecule has 0 saturated carbocycles. The molecule has 0 aliphatic carbocycles. The van der Waals surface area contributed by atoms with E-state index in [2.05, 4.69) is 33.9 Å². The summed E-state index contributed by atoms with van der Waals surface area (Å²) in [5.74, 6) is -0.674. The maximum atomic E-state index is 13.3. The van der Waals surface area contributed by atoms with Gasteiger partial charge in [0.25, 0.3) is 0 Å². The van der Waals surface area contributed by atoms with Crippen molar-refractivity contribution in [1.82, 2.24) is 0 Å². The van der Waals surface area contributed by atoms with Crippen LogP contribution in [-0.2, 0) is 31.4 Å². The van der Waals surface area contributed by atoms with Crippen molar-refractivity contribution >= 4 is 25.1 Å². The Hall–Kier alpha value is -1.80. The minimum atomic E-state index is -1.99. The number of hydrogen-bond donors (Lipinski definition) is 1. The molecule has 176 valence electrons. The Morgan fingerprint density at radius 3 is 2.22 bits per heavy atom. The highest BCUT2D eigenvalue weighted by molar-refractivity contribution is 7.86. The molecule has 0 fully saturated rings. The van der Waals surface area contributed by atoms with E-state index >= 15 is 0 Å². The Morgan fingerprint density at radius 1 is 1.06 bits per heavy atom. The molecule has 3 unspecified atom stereocenters. The van der Waals surface area contributed by atoms with E-state index in [0.29, 0.717) is 11.5 Å². The molecule has 5 nitrogen and oxygen atoms in total. The standard InChI is InChI=1S/C25H36O5SSi/c1-19-12-14-21(15-13-19)31(28)23(24(27)29-18-20-10-8-7-9-11-20)22(26)16-17-30-32(5,6)25(2,3)4/h7-15,22-23,26H,16-18H2,1-6H3. The highest BCUT2D eigenvalue weighted by Gasteiger charge is 2.39.